The van der Waals surface area contributed by atoms with Crippen molar-refractivity contribution in [3.8, 4) is 5.75 Å². The molecule has 1 amide bonds. The highest BCUT2D eigenvalue weighted by Gasteiger charge is 2.41. The lowest BCUT2D eigenvalue weighted by molar-refractivity contribution is -0.123. The first-order valence-electron chi connectivity index (χ1n) is 7.48. The lowest BCUT2D eigenvalue weighted by Crippen LogP contribution is -2.50. The van der Waals surface area contributed by atoms with Gasteiger partial charge in [-0.1, -0.05) is 32.9 Å². The lowest BCUT2D eigenvalue weighted by Gasteiger charge is -2.23. The van der Waals surface area contributed by atoms with E-state index in [1.165, 1.54) is 5.56 Å². The first-order chi connectivity index (χ1) is 9.62. The molecule has 0 saturated heterocycles. The largest absolute Gasteiger partial charge is 0.490 e. The molecule has 1 aliphatic carbocycles. The Bertz CT molecular complexity index is 548. The Hall–Kier alpha value is -1.55. The second-order valence-electron chi connectivity index (χ2n) is 7.23. The van der Waals surface area contributed by atoms with Crippen molar-refractivity contribution < 1.29 is 9.53 Å². The second-order valence-corrected chi connectivity index (χ2v) is 7.23. The SMILES string of the molecule is Cc1cc(C(C)(C)C)ccc1OC1CCC(N)(C(N)=O)C1. The Kier molecular flexibility index (Phi) is 4.02. The number of ether oxygens (including phenoxy) is 1. The number of benzene rings is 1. The van der Waals surface area contributed by atoms with Gasteiger partial charge >= 0.3 is 0 Å². The summed E-state index contributed by atoms with van der Waals surface area (Å²) in [6.45, 7) is 8.61. The molecule has 4 nitrogen and oxygen atoms in total. The zero-order valence-electron chi connectivity index (χ0n) is 13.4. The van der Waals surface area contributed by atoms with Crippen molar-refractivity contribution in [2.45, 2.75) is 64.0 Å². The van der Waals surface area contributed by atoms with Crippen LogP contribution >= 0.6 is 0 Å². The fourth-order valence-corrected chi connectivity index (χ4v) is 2.78. The summed E-state index contributed by atoms with van der Waals surface area (Å²) in [5, 5.41) is 0. The van der Waals surface area contributed by atoms with Gasteiger partial charge in [0.2, 0.25) is 5.91 Å². The number of nitrogens with two attached hydrogens (primary N) is 2. The number of primary amides is 1. The minimum absolute atomic E-state index is 0.0401. The highest BCUT2D eigenvalue weighted by molar-refractivity contribution is 5.84. The van der Waals surface area contributed by atoms with E-state index in [4.69, 9.17) is 16.2 Å². The third-order valence-electron chi connectivity index (χ3n) is 4.33. The van der Waals surface area contributed by atoms with Gasteiger partial charge in [-0.2, -0.15) is 0 Å². The van der Waals surface area contributed by atoms with E-state index in [0.717, 1.165) is 17.7 Å². The predicted molar refractivity (Wildman–Crippen MR) is 84.3 cm³/mol. The summed E-state index contributed by atoms with van der Waals surface area (Å²) in [5.41, 5.74) is 13.0. The fourth-order valence-electron chi connectivity index (χ4n) is 2.78. The van der Waals surface area contributed by atoms with E-state index in [0.29, 0.717) is 12.8 Å². The molecule has 0 heterocycles. The summed E-state index contributed by atoms with van der Waals surface area (Å²) in [6.07, 6.45) is 1.80. The van der Waals surface area contributed by atoms with Gasteiger partial charge in [0.25, 0.3) is 0 Å². The van der Waals surface area contributed by atoms with Crippen LogP contribution in [0, 0.1) is 6.92 Å². The molecular formula is C17H26N2O2. The highest BCUT2D eigenvalue weighted by Crippen LogP contribution is 2.33. The summed E-state index contributed by atoms with van der Waals surface area (Å²) >= 11 is 0. The molecule has 0 aromatic heterocycles. The van der Waals surface area contributed by atoms with E-state index in [1.54, 1.807) is 0 Å². The molecule has 0 spiro atoms. The van der Waals surface area contributed by atoms with Gasteiger partial charge in [0.1, 0.15) is 11.9 Å². The standard InChI is InChI=1S/C17H26N2O2/c1-11-9-12(16(2,3)4)5-6-14(11)21-13-7-8-17(19,10-13)15(18)20/h5-6,9,13H,7-8,10,19H2,1-4H3,(H2,18,20). The Balaban J connectivity index is 2.10. The van der Waals surface area contributed by atoms with E-state index in [2.05, 4.69) is 32.9 Å². The number of hydrogen-bond donors (Lipinski definition) is 2. The Morgan fingerprint density at radius 2 is 2.05 bits per heavy atom. The maximum Gasteiger partial charge on any atom is 0.237 e. The lowest BCUT2D eigenvalue weighted by atomic mass is 9.86. The molecule has 1 aromatic carbocycles. The molecule has 1 aliphatic rings. The van der Waals surface area contributed by atoms with Gasteiger partial charge in [0.05, 0.1) is 5.54 Å². The van der Waals surface area contributed by atoms with Crippen LogP contribution in [0.2, 0.25) is 0 Å². The van der Waals surface area contributed by atoms with Crippen LogP contribution in [0.5, 0.6) is 5.75 Å². The van der Waals surface area contributed by atoms with Crippen molar-refractivity contribution in [1.82, 2.24) is 0 Å². The Morgan fingerprint density at radius 3 is 2.52 bits per heavy atom. The van der Waals surface area contributed by atoms with Crippen LogP contribution in [0.25, 0.3) is 0 Å². The molecule has 1 saturated carbocycles. The minimum Gasteiger partial charge on any atom is -0.490 e. The van der Waals surface area contributed by atoms with Crippen molar-refractivity contribution in [2.75, 3.05) is 0 Å². The second kappa shape index (κ2) is 5.34. The Labute approximate surface area is 126 Å². The molecule has 4 heteroatoms. The Morgan fingerprint density at radius 1 is 1.38 bits per heavy atom. The van der Waals surface area contributed by atoms with Crippen molar-refractivity contribution in [3.05, 3.63) is 29.3 Å². The molecule has 21 heavy (non-hydrogen) atoms. The van der Waals surface area contributed by atoms with Crippen molar-refractivity contribution >= 4 is 5.91 Å². The third-order valence-corrected chi connectivity index (χ3v) is 4.33. The molecule has 1 fully saturated rings. The molecule has 2 atom stereocenters. The van der Waals surface area contributed by atoms with E-state index >= 15 is 0 Å². The summed E-state index contributed by atoms with van der Waals surface area (Å²) in [7, 11) is 0. The average molecular weight is 290 g/mol. The first kappa shape index (κ1) is 15.8. The van der Waals surface area contributed by atoms with E-state index in [9.17, 15) is 4.79 Å². The molecular weight excluding hydrogens is 264 g/mol. The molecule has 116 valence electrons. The van der Waals surface area contributed by atoms with E-state index in [-0.39, 0.29) is 11.5 Å². The minimum atomic E-state index is -0.913. The first-order valence-corrected chi connectivity index (χ1v) is 7.48. The average Bonchev–Trinajstić information content (AvgIpc) is 2.74. The van der Waals surface area contributed by atoms with Crippen molar-refractivity contribution in [1.29, 1.82) is 0 Å². The number of carbonyl (C=O) groups is 1. The van der Waals surface area contributed by atoms with Gasteiger partial charge in [-0.05, 0) is 42.4 Å². The van der Waals surface area contributed by atoms with E-state index < -0.39 is 11.4 Å². The molecule has 2 unspecified atom stereocenters. The highest BCUT2D eigenvalue weighted by atomic mass is 16.5. The van der Waals surface area contributed by atoms with Gasteiger partial charge in [0, 0.05) is 6.42 Å². The number of amides is 1. The molecule has 4 N–H and O–H groups in total. The van der Waals surface area contributed by atoms with Gasteiger partial charge < -0.3 is 16.2 Å². The number of carbonyl (C=O) groups excluding carboxylic acids is 1. The molecule has 0 radical (unpaired) electrons. The maximum atomic E-state index is 11.4. The molecule has 2 rings (SSSR count). The third kappa shape index (κ3) is 3.38. The fraction of sp³-hybridized carbons (Fsp3) is 0.588. The van der Waals surface area contributed by atoms with Gasteiger partial charge in [-0.25, -0.2) is 0 Å². The zero-order valence-corrected chi connectivity index (χ0v) is 13.4. The maximum absolute atomic E-state index is 11.4. The smallest absolute Gasteiger partial charge is 0.237 e. The summed E-state index contributed by atoms with van der Waals surface area (Å²) in [4.78, 5) is 11.4. The number of rotatable bonds is 3. The van der Waals surface area contributed by atoms with Gasteiger partial charge in [-0.15, -0.1) is 0 Å². The van der Waals surface area contributed by atoms with Crippen LogP contribution < -0.4 is 16.2 Å². The van der Waals surface area contributed by atoms with Gasteiger partial charge in [0.15, 0.2) is 0 Å². The predicted octanol–water partition coefficient (Wildman–Crippen LogP) is 2.41. The van der Waals surface area contributed by atoms with Crippen LogP contribution in [0.4, 0.5) is 0 Å². The van der Waals surface area contributed by atoms with Crippen molar-refractivity contribution in [3.63, 3.8) is 0 Å². The molecule has 0 bridgehead atoms. The topological polar surface area (TPSA) is 78.3 Å². The van der Waals surface area contributed by atoms with E-state index in [1.807, 2.05) is 13.0 Å². The van der Waals surface area contributed by atoms with Crippen LogP contribution in [0.15, 0.2) is 18.2 Å². The molecule has 0 aliphatic heterocycles. The molecule has 1 aromatic rings. The number of hydrogen-bond acceptors (Lipinski definition) is 3. The monoisotopic (exact) mass is 290 g/mol. The summed E-state index contributed by atoms with van der Waals surface area (Å²) < 4.78 is 6.03. The summed E-state index contributed by atoms with van der Waals surface area (Å²) in [6, 6.07) is 6.27. The van der Waals surface area contributed by atoms with Gasteiger partial charge in [-0.3, -0.25) is 4.79 Å². The normalized spacial score (nSPS) is 25.9. The van der Waals surface area contributed by atoms with Crippen LogP contribution in [-0.2, 0) is 10.2 Å². The van der Waals surface area contributed by atoms with Crippen LogP contribution in [0.3, 0.4) is 0 Å². The van der Waals surface area contributed by atoms with Crippen molar-refractivity contribution in [2.24, 2.45) is 11.5 Å². The number of aryl methyl sites for hydroxylation is 1. The quantitative estimate of drug-likeness (QED) is 0.897. The van der Waals surface area contributed by atoms with Crippen LogP contribution in [-0.4, -0.2) is 17.6 Å². The summed E-state index contributed by atoms with van der Waals surface area (Å²) in [5.74, 6) is 0.426. The van der Waals surface area contributed by atoms with Crippen LogP contribution in [0.1, 0.15) is 51.2 Å². The zero-order chi connectivity index (χ0) is 15.8.